The van der Waals surface area contributed by atoms with Crippen LogP contribution in [-0.2, 0) is 0 Å². The summed E-state index contributed by atoms with van der Waals surface area (Å²) in [5.41, 5.74) is -3.85. The van der Waals surface area contributed by atoms with E-state index in [1.165, 1.54) is 7.11 Å². The molecule has 0 bridgehead atoms. The van der Waals surface area contributed by atoms with Crippen LogP contribution in [0.15, 0.2) is 37.4 Å². The molecule has 3 aromatic rings. The average molecular weight is 371 g/mol. The predicted octanol–water partition coefficient (Wildman–Crippen LogP) is -1.19. The van der Waals surface area contributed by atoms with Gasteiger partial charge in [-0.3, -0.25) is 24.5 Å². The molecule has 11 heteroatoms. The van der Waals surface area contributed by atoms with Crippen molar-refractivity contribution in [1.82, 2.24) is 19.9 Å². The minimum Gasteiger partial charge on any atom is -0.860 e. The van der Waals surface area contributed by atoms with E-state index in [1.807, 2.05) is 15.0 Å². The maximum absolute atomic E-state index is 12.4. The number of fused-ring (bicyclic) bond motifs is 2. The Morgan fingerprint density at radius 2 is 1.63 bits per heavy atom. The lowest BCUT2D eigenvalue weighted by atomic mass is 9.84. The third-order valence-electron chi connectivity index (χ3n) is 4.21. The van der Waals surface area contributed by atoms with Gasteiger partial charge in [-0.25, -0.2) is 9.59 Å². The highest BCUT2D eigenvalue weighted by atomic mass is 16.5. The van der Waals surface area contributed by atoms with E-state index < -0.39 is 39.9 Å². The molecule has 0 fully saturated rings. The van der Waals surface area contributed by atoms with Crippen molar-refractivity contribution in [2.24, 2.45) is 0 Å². The molecule has 0 radical (unpaired) electrons. The Kier molecular flexibility index (Phi) is 3.51. The third-order valence-corrected chi connectivity index (χ3v) is 4.21. The van der Waals surface area contributed by atoms with Crippen LogP contribution in [0, 0.1) is 0 Å². The van der Waals surface area contributed by atoms with Crippen LogP contribution in [0.2, 0.25) is 0 Å². The van der Waals surface area contributed by atoms with Gasteiger partial charge in [0, 0.05) is 11.1 Å². The average Bonchev–Trinajstić information content (AvgIpc) is 2.59. The standard InChI is InChI=1S/C16H12N4O7/c1-26-6-4-2-3-5-7(8-11(21)17-15(24)18-12(8)22)9-13(23)19-16(25)20-14(9)27-10(5)6/h2-4,7H,1H3,(H2,19,20,23,25)(H3,17,18,21,22,24)/p-1. The van der Waals surface area contributed by atoms with E-state index in [1.54, 1.807) is 18.2 Å². The molecule has 27 heavy (non-hydrogen) atoms. The first-order valence-electron chi connectivity index (χ1n) is 7.65. The fraction of sp³-hybridized carbons (Fsp3) is 0.125. The number of hydrogen-bond donors (Lipinski definition) is 4. The van der Waals surface area contributed by atoms with Crippen molar-refractivity contribution in [3.8, 4) is 23.3 Å². The number of aromatic amines is 4. The number of aromatic nitrogens is 4. The summed E-state index contributed by atoms with van der Waals surface area (Å²) in [4.78, 5) is 56.2. The van der Waals surface area contributed by atoms with Crippen molar-refractivity contribution in [3.63, 3.8) is 0 Å². The van der Waals surface area contributed by atoms with Crippen molar-refractivity contribution in [1.29, 1.82) is 0 Å². The Morgan fingerprint density at radius 3 is 2.30 bits per heavy atom. The molecule has 0 spiro atoms. The highest BCUT2D eigenvalue weighted by molar-refractivity contribution is 5.61. The van der Waals surface area contributed by atoms with E-state index in [0.29, 0.717) is 0 Å². The molecule has 4 rings (SSSR count). The number of ether oxygens (including phenoxy) is 2. The van der Waals surface area contributed by atoms with Crippen molar-refractivity contribution >= 4 is 0 Å². The molecule has 1 aliphatic rings. The number of benzene rings is 1. The zero-order valence-corrected chi connectivity index (χ0v) is 13.7. The molecule has 0 saturated carbocycles. The third kappa shape index (κ3) is 2.44. The summed E-state index contributed by atoms with van der Waals surface area (Å²) >= 11 is 0. The van der Waals surface area contributed by atoms with Crippen LogP contribution in [-0.4, -0.2) is 27.0 Å². The number of hydrogen-bond acceptors (Lipinski definition) is 7. The normalized spacial score (nSPS) is 14.8. The first-order chi connectivity index (χ1) is 12.9. The molecule has 1 aliphatic heterocycles. The Bertz CT molecular complexity index is 1270. The molecule has 0 saturated heterocycles. The molecule has 0 aliphatic carbocycles. The lowest BCUT2D eigenvalue weighted by Gasteiger charge is -2.29. The fourth-order valence-corrected chi connectivity index (χ4v) is 3.14. The first kappa shape index (κ1) is 16.4. The summed E-state index contributed by atoms with van der Waals surface area (Å²) in [5.74, 6) is -1.99. The quantitative estimate of drug-likeness (QED) is 0.343. The molecule has 2 aromatic heterocycles. The van der Waals surface area contributed by atoms with Crippen LogP contribution in [0.1, 0.15) is 22.6 Å². The van der Waals surface area contributed by atoms with Gasteiger partial charge in [0.1, 0.15) is 0 Å². The van der Waals surface area contributed by atoms with Gasteiger partial charge in [0.2, 0.25) is 5.88 Å². The van der Waals surface area contributed by atoms with Crippen LogP contribution < -0.4 is 37.1 Å². The van der Waals surface area contributed by atoms with Gasteiger partial charge >= 0.3 is 11.4 Å². The van der Waals surface area contributed by atoms with E-state index in [2.05, 4.69) is 4.98 Å². The van der Waals surface area contributed by atoms with Crippen molar-refractivity contribution in [2.75, 3.05) is 7.11 Å². The maximum atomic E-state index is 12.4. The lowest BCUT2D eigenvalue weighted by Crippen LogP contribution is -2.35. The highest BCUT2D eigenvalue weighted by Gasteiger charge is 2.36. The molecule has 1 unspecified atom stereocenters. The fourth-order valence-electron chi connectivity index (χ4n) is 3.14. The first-order valence-corrected chi connectivity index (χ1v) is 7.65. The van der Waals surface area contributed by atoms with Gasteiger partial charge in [-0.2, -0.15) is 0 Å². The second-order valence-electron chi connectivity index (χ2n) is 5.72. The molecular formula is C16H11N4O7-. The van der Waals surface area contributed by atoms with Crippen molar-refractivity contribution in [2.45, 2.75) is 5.92 Å². The summed E-state index contributed by atoms with van der Waals surface area (Å²) in [6.07, 6.45) is 0. The van der Waals surface area contributed by atoms with Gasteiger partial charge in [-0.1, -0.05) is 12.1 Å². The van der Waals surface area contributed by atoms with Crippen LogP contribution in [0.4, 0.5) is 0 Å². The smallest absolute Gasteiger partial charge is 0.328 e. The number of para-hydroxylation sites is 1. The largest absolute Gasteiger partial charge is 0.860 e. The minimum absolute atomic E-state index is 0.128. The summed E-state index contributed by atoms with van der Waals surface area (Å²) in [5, 5.41) is 12.4. The highest BCUT2D eigenvalue weighted by Crippen LogP contribution is 2.48. The van der Waals surface area contributed by atoms with Crippen molar-refractivity contribution < 1.29 is 14.6 Å². The van der Waals surface area contributed by atoms with Crippen LogP contribution in [0.5, 0.6) is 23.3 Å². The van der Waals surface area contributed by atoms with Crippen LogP contribution in [0.3, 0.4) is 0 Å². The summed E-state index contributed by atoms with van der Waals surface area (Å²) in [6, 6.07) is 4.70. The molecule has 0 amide bonds. The molecule has 1 atom stereocenters. The number of methoxy groups -OCH3 is 1. The Labute approximate surface area is 148 Å². The zero-order valence-electron chi connectivity index (χ0n) is 13.7. The monoisotopic (exact) mass is 371 g/mol. The second-order valence-corrected chi connectivity index (χ2v) is 5.72. The van der Waals surface area contributed by atoms with Crippen molar-refractivity contribution in [3.05, 3.63) is 76.6 Å². The summed E-state index contributed by atoms with van der Waals surface area (Å²) in [6.45, 7) is 0. The maximum Gasteiger partial charge on any atom is 0.328 e. The molecule has 11 nitrogen and oxygen atoms in total. The van der Waals surface area contributed by atoms with Gasteiger partial charge in [-0.05, 0) is 11.9 Å². The van der Waals surface area contributed by atoms with Gasteiger partial charge in [-0.15, -0.1) is 0 Å². The number of H-pyrrole nitrogens is 4. The summed E-state index contributed by atoms with van der Waals surface area (Å²) in [7, 11) is 1.38. The van der Waals surface area contributed by atoms with Gasteiger partial charge in [0.25, 0.3) is 11.1 Å². The molecule has 1 aromatic carbocycles. The summed E-state index contributed by atoms with van der Waals surface area (Å²) < 4.78 is 10.9. The topological polar surface area (TPSA) is 173 Å². The Hall–Kier alpha value is -4.02. The molecule has 4 N–H and O–H groups in total. The van der Waals surface area contributed by atoms with Crippen LogP contribution in [0.25, 0.3) is 0 Å². The molecular weight excluding hydrogens is 360 g/mol. The molecule has 3 heterocycles. The van der Waals surface area contributed by atoms with E-state index in [4.69, 9.17) is 9.47 Å². The van der Waals surface area contributed by atoms with E-state index >= 15 is 0 Å². The Balaban J connectivity index is 2.15. The predicted molar refractivity (Wildman–Crippen MR) is 88.8 cm³/mol. The zero-order chi connectivity index (χ0) is 19.3. The van der Waals surface area contributed by atoms with Crippen LogP contribution >= 0.6 is 0 Å². The number of rotatable bonds is 2. The molecule has 138 valence electrons. The van der Waals surface area contributed by atoms with Gasteiger partial charge < -0.3 is 19.6 Å². The number of nitrogens with one attached hydrogen (secondary N) is 4. The van der Waals surface area contributed by atoms with E-state index in [-0.39, 0.29) is 28.5 Å². The van der Waals surface area contributed by atoms with E-state index in [0.717, 1.165) is 0 Å². The Morgan fingerprint density at radius 1 is 0.963 bits per heavy atom. The van der Waals surface area contributed by atoms with Gasteiger partial charge in [0.05, 0.1) is 18.6 Å². The van der Waals surface area contributed by atoms with Gasteiger partial charge in [0.15, 0.2) is 11.5 Å². The lowest BCUT2D eigenvalue weighted by molar-refractivity contribution is -0.276. The minimum atomic E-state index is -1.20. The van der Waals surface area contributed by atoms with E-state index in [9.17, 15) is 24.3 Å². The second kappa shape index (κ2) is 5.76. The SMILES string of the molecule is COc1cccc2c1Oc1[nH]c(=O)[nH]c(=O)c1C2c1c([O-])[nH]c(=O)[nH]c1=O.